The van der Waals surface area contributed by atoms with E-state index in [0.29, 0.717) is 18.1 Å². The fourth-order valence-corrected chi connectivity index (χ4v) is 3.48. The normalized spacial score (nSPS) is 24.4. The Bertz CT molecular complexity index is 511. The lowest BCUT2D eigenvalue weighted by Crippen LogP contribution is -2.46. The van der Waals surface area contributed by atoms with Gasteiger partial charge in [-0.2, -0.15) is 23.5 Å². The van der Waals surface area contributed by atoms with Crippen molar-refractivity contribution in [1.82, 2.24) is 21.3 Å². The van der Waals surface area contributed by atoms with Gasteiger partial charge in [0.2, 0.25) is 0 Å². The lowest BCUT2D eigenvalue weighted by atomic mass is 10.1. The summed E-state index contributed by atoms with van der Waals surface area (Å²) in [6.07, 6.45) is 0. The van der Waals surface area contributed by atoms with Crippen molar-refractivity contribution in [3.8, 4) is 0 Å². The molecule has 2 atom stereocenters. The third kappa shape index (κ3) is 7.72. The monoisotopic (exact) mass is 413 g/mol. The number of nitrogens with one attached hydrogen (secondary N) is 4. The highest BCUT2D eigenvalue weighted by molar-refractivity contribution is 7.99. The highest BCUT2D eigenvalue weighted by Crippen LogP contribution is 2.16. The molecule has 2 saturated heterocycles. The van der Waals surface area contributed by atoms with Gasteiger partial charge < -0.3 is 16.4 Å². The summed E-state index contributed by atoms with van der Waals surface area (Å²) < 4.78 is 0. The van der Waals surface area contributed by atoms with Gasteiger partial charge in [-0.3, -0.25) is 20.2 Å². The van der Waals surface area contributed by atoms with Crippen LogP contribution in [-0.2, 0) is 9.59 Å². The first-order valence-electron chi connectivity index (χ1n) is 7.43. The molecule has 2 rings (SSSR count). The molecule has 0 bridgehead atoms. The van der Waals surface area contributed by atoms with Gasteiger partial charge in [0.05, 0.1) is 0 Å². The molecule has 144 valence electrons. The Labute approximate surface area is 161 Å². The van der Waals surface area contributed by atoms with Crippen LogP contribution in [0.4, 0.5) is 9.59 Å². The molecule has 0 spiro atoms. The van der Waals surface area contributed by atoms with E-state index in [9.17, 15) is 19.2 Å². The maximum atomic E-state index is 11.3. The number of carbonyl (C=O) groups is 4. The summed E-state index contributed by atoms with van der Waals surface area (Å²) >= 11 is 3.19. The average molecular weight is 414 g/mol. The van der Waals surface area contributed by atoms with Crippen LogP contribution in [-0.4, -0.2) is 65.0 Å². The highest BCUT2D eigenvalue weighted by atomic mass is 35.5. The Morgan fingerprint density at radius 2 is 1.80 bits per heavy atom. The van der Waals surface area contributed by atoms with Gasteiger partial charge in [0, 0.05) is 23.8 Å². The molecule has 2 aliphatic rings. The molecule has 1 unspecified atom stereocenters. The lowest BCUT2D eigenvalue weighted by Gasteiger charge is -2.19. The van der Waals surface area contributed by atoms with Crippen molar-refractivity contribution >= 4 is 59.8 Å². The lowest BCUT2D eigenvalue weighted by molar-refractivity contribution is -0.122. The second-order valence-corrected chi connectivity index (χ2v) is 7.68. The van der Waals surface area contributed by atoms with E-state index in [-0.39, 0.29) is 36.3 Å². The molecule has 9 nitrogen and oxygen atoms in total. The van der Waals surface area contributed by atoms with E-state index in [2.05, 4.69) is 21.3 Å². The Hall–Kier alpha value is -1.17. The summed E-state index contributed by atoms with van der Waals surface area (Å²) in [5.41, 5.74) is 4.54. The number of urea groups is 2. The largest absolute Gasteiger partial charge is 0.330 e. The second kappa shape index (κ2) is 11.4. The van der Waals surface area contributed by atoms with Crippen LogP contribution in [0, 0.1) is 0 Å². The summed E-state index contributed by atoms with van der Waals surface area (Å²) in [6.45, 7) is 4.30. The molecule has 0 aromatic rings. The van der Waals surface area contributed by atoms with Crippen molar-refractivity contribution in [3.05, 3.63) is 0 Å². The molecule has 25 heavy (non-hydrogen) atoms. The van der Waals surface area contributed by atoms with E-state index >= 15 is 0 Å². The van der Waals surface area contributed by atoms with Crippen LogP contribution >= 0.6 is 35.9 Å². The molecule has 0 saturated carbocycles. The number of carbonyl (C=O) groups excluding carboxylic acids is 4. The fraction of sp³-hybridized carbons (Fsp3) is 0.692. The van der Waals surface area contributed by atoms with Crippen LogP contribution < -0.4 is 27.0 Å². The molecule has 0 aromatic heterocycles. The molecule has 0 radical (unpaired) electrons. The van der Waals surface area contributed by atoms with Gasteiger partial charge in [0.15, 0.2) is 0 Å². The van der Waals surface area contributed by atoms with E-state index in [0.717, 1.165) is 11.5 Å². The van der Waals surface area contributed by atoms with Crippen molar-refractivity contribution in [2.45, 2.75) is 25.4 Å². The molecule has 6 N–H and O–H groups in total. The predicted molar refractivity (Wildman–Crippen MR) is 102 cm³/mol. The minimum Gasteiger partial charge on any atom is -0.330 e. The molecule has 0 aliphatic carbocycles. The first kappa shape index (κ1) is 23.8. The van der Waals surface area contributed by atoms with Crippen LogP contribution in [0.3, 0.4) is 0 Å². The van der Waals surface area contributed by atoms with Crippen LogP contribution in [0.25, 0.3) is 0 Å². The third-order valence-corrected chi connectivity index (χ3v) is 5.40. The number of nitrogens with two attached hydrogens (primary N) is 1. The summed E-state index contributed by atoms with van der Waals surface area (Å²) in [4.78, 5) is 43.5. The topological polar surface area (TPSA) is 142 Å². The van der Waals surface area contributed by atoms with Gasteiger partial charge in [0.1, 0.15) is 11.6 Å². The summed E-state index contributed by atoms with van der Waals surface area (Å²) in [5, 5.41) is 9.47. The van der Waals surface area contributed by atoms with Crippen molar-refractivity contribution in [2.24, 2.45) is 5.73 Å². The Morgan fingerprint density at radius 3 is 2.24 bits per heavy atom. The Balaban J connectivity index is 0.000000449. The van der Waals surface area contributed by atoms with Crippen molar-refractivity contribution in [2.75, 3.05) is 29.6 Å². The minimum atomic E-state index is -0.767. The number of hydrogen-bond acceptors (Lipinski definition) is 7. The van der Waals surface area contributed by atoms with Gasteiger partial charge in [0.25, 0.3) is 11.8 Å². The molecular weight excluding hydrogens is 390 g/mol. The number of imide groups is 2. The van der Waals surface area contributed by atoms with Gasteiger partial charge >= 0.3 is 12.1 Å². The second-order valence-electron chi connectivity index (χ2n) is 5.26. The van der Waals surface area contributed by atoms with Crippen LogP contribution in [0.2, 0.25) is 0 Å². The van der Waals surface area contributed by atoms with E-state index in [4.69, 9.17) is 5.73 Å². The molecule has 2 fully saturated rings. The molecule has 2 aliphatic heterocycles. The molecule has 2 heterocycles. The maximum absolute atomic E-state index is 11.3. The van der Waals surface area contributed by atoms with Crippen LogP contribution in [0.15, 0.2) is 0 Å². The summed E-state index contributed by atoms with van der Waals surface area (Å²) in [6, 6.07) is -1.12. The van der Waals surface area contributed by atoms with Crippen molar-refractivity contribution in [3.63, 3.8) is 0 Å². The van der Waals surface area contributed by atoms with E-state index < -0.39 is 11.6 Å². The smallest absolute Gasteiger partial charge is 0.322 e. The van der Waals surface area contributed by atoms with Crippen molar-refractivity contribution < 1.29 is 19.2 Å². The number of rotatable bonds is 7. The number of hydrogen-bond donors (Lipinski definition) is 5. The minimum absolute atomic E-state index is 0. The summed E-state index contributed by atoms with van der Waals surface area (Å²) in [7, 11) is 0. The van der Waals surface area contributed by atoms with E-state index in [1.54, 1.807) is 30.4 Å². The number of amides is 6. The van der Waals surface area contributed by atoms with Gasteiger partial charge in [-0.15, -0.1) is 12.4 Å². The zero-order chi connectivity index (χ0) is 18.2. The fourth-order valence-electron chi connectivity index (χ4n) is 1.85. The maximum Gasteiger partial charge on any atom is 0.322 e. The standard InChI is InChI=1S/C7H13N3O2S.C6H10N2O2S.ClH/c1-7(4-13-3-2-8)5(11)9-6(12)10-7;1-2-11-3-4-5(9)8-6(10)7-4;/h2-4,8H2,1H3,(H2,9,10,11,12);4H,2-3H2,1H3,(H2,7,8,9,10);1H/t7-;;/m1../s1. The predicted octanol–water partition coefficient (Wildman–Crippen LogP) is -0.354. The number of halogens is 1. The zero-order valence-corrected chi connectivity index (χ0v) is 16.5. The van der Waals surface area contributed by atoms with Crippen molar-refractivity contribution in [1.29, 1.82) is 0 Å². The Kier molecular flexibility index (Phi) is 10.9. The van der Waals surface area contributed by atoms with Gasteiger partial charge in [-0.1, -0.05) is 6.92 Å². The SMILES string of the molecule is CCSCC1NC(=O)NC1=O.C[C@]1(CSCCN)NC(=O)NC1=O.Cl. The third-order valence-electron chi connectivity index (χ3n) is 3.12. The first-order chi connectivity index (χ1) is 11.3. The quantitative estimate of drug-likeness (QED) is 0.283. The van der Waals surface area contributed by atoms with Crippen LogP contribution in [0.5, 0.6) is 0 Å². The van der Waals surface area contributed by atoms with E-state index in [1.165, 1.54) is 0 Å². The average Bonchev–Trinajstić information content (AvgIpc) is 2.96. The first-order valence-corrected chi connectivity index (χ1v) is 9.74. The Morgan fingerprint density at radius 1 is 1.12 bits per heavy atom. The van der Waals surface area contributed by atoms with Crippen LogP contribution in [0.1, 0.15) is 13.8 Å². The highest BCUT2D eigenvalue weighted by Gasteiger charge is 2.41. The van der Waals surface area contributed by atoms with Gasteiger partial charge in [-0.25, -0.2) is 9.59 Å². The van der Waals surface area contributed by atoms with Gasteiger partial charge in [-0.05, 0) is 12.7 Å². The molecule has 0 aromatic carbocycles. The molecular formula is C13H24ClN5O4S2. The number of thioether (sulfide) groups is 2. The zero-order valence-electron chi connectivity index (χ0n) is 14.0. The molecule has 6 amide bonds. The molecule has 12 heteroatoms. The van der Waals surface area contributed by atoms with E-state index in [1.807, 2.05) is 6.92 Å². The summed E-state index contributed by atoms with van der Waals surface area (Å²) in [5.74, 6) is 2.49.